The monoisotopic (exact) mass is 381 g/mol. The highest BCUT2D eigenvalue weighted by molar-refractivity contribution is 6.30. The fraction of sp³-hybridized carbons (Fsp3) is 0.238. The molecule has 0 radical (unpaired) electrons. The quantitative estimate of drug-likeness (QED) is 0.518. The van der Waals surface area contributed by atoms with Crippen molar-refractivity contribution in [3.05, 3.63) is 82.1 Å². The summed E-state index contributed by atoms with van der Waals surface area (Å²) in [6.45, 7) is 5.43. The lowest BCUT2D eigenvalue weighted by Crippen LogP contribution is -2.36. The molecule has 0 fully saturated rings. The summed E-state index contributed by atoms with van der Waals surface area (Å²) in [6, 6.07) is 18.0. The molecule has 0 saturated heterocycles. The van der Waals surface area contributed by atoms with E-state index in [-0.39, 0.29) is 0 Å². The number of guanidine groups is 1. The Morgan fingerprint density at radius 2 is 1.78 bits per heavy atom. The molecule has 3 aromatic rings. The van der Waals surface area contributed by atoms with Gasteiger partial charge in [-0.2, -0.15) is 5.10 Å². The number of halogens is 1. The number of benzene rings is 2. The highest BCUT2D eigenvalue weighted by atomic mass is 35.5. The molecule has 1 aromatic heterocycles. The van der Waals surface area contributed by atoms with Gasteiger partial charge in [0.25, 0.3) is 0 Å². The first-order valence-electron chi connectivity index (χ1n) is 8.88. The second kappa shape index (κ2) is 8.73. The predicted octanol–water partition coefficient (Wildman–Crippen LogP) is 4.01. The third kappa shape index (κ3) is 4.68. The Hall–Kier alpha value is -2.79. The van der Waals surface area contributed by atoms with E-state index < -0.39 is 0 Å². The summed E-state index contributed by atoms with van der Waals surface area (Å²) < 4.78 is 1.98. The van der Waals surface area contributed by atoms with Gasteiger partial charge in [-0.05, 0) is 43.7 Å². The van der Waals surface area contributed by atoms with Crippen LogP contribution in [0.2, 0.25) is 5.02 Å². The Bertz CT molecular complexity index is 931. The van der Waals surface area contributed by atoms with Crippen LogP contribution in [0.25, 0.3) is 5.69 Å². The van der Waals surface area contributed by atoms with Crippen LogP contribution in [-0.2, 0) is 13.1 Å². The molecule has 0 atom stereocenters. The van der Waals surface area contributed by atoms with Crippen molar-refractivity contribution >= 4 is 17.6 Å². The molecule has 2 aromatic carbocycles. The zero-order valence-electron chi connectivity index (χ0n) is 15.8. The molecule has 0 bridgehead atoms. The minimum Gasteiger partial charge on any atom is -0.352 e. The zero-order chi connectivity index (χ0) is 19.2. The maximum atomic E-state index is 6.04. The van der Waals surface area contributed by atoms with Crippen molar-refractivity contribution in [1.82, 2.24) is 20.4 Å². The van der Waals surface area contributed by atoms with E-state index in [4.69, 9.17) is 11.6 Å². The van der Waals surface area contributed by atoms with E-state index >= 15 is 0 Å². The molecule has 6 heteroatoms. The third-order valence-corrected chi connectivity index (χ3v) is 4.68. The molecule has 27 heavy (non-hydrogen) atoms. The minimum absolute atomic E-state index is 0.652. The van der Waals surface area contributed by atoms with Crippen LogP contribution in [0.15, 0.2) is 59.6 Å². The normalized spacial score (nSPS) is 11.5. The van der Waals surface area contributed by atoms with Gasteiger partial charge in [0.15, 0.2) is 5.96 Å². The molecule has 0 aliphatic heterocycles. The van der Waals surface area contributed by atoms with Gasteiger partial charge in [-0.3, -0.25) is 4.99 Å². The average Bonchev–Trinajstić information content (AvgIpc) is 2.97. The van der Waals surface area contributed by atoms with Crippen LogP contribution in [0.5, 0.6) is 0 Å². The molecule has 0 spiro atoms. The van der Waals surface area contributed by atoms with E-state index in [2.05, 4.69) is 39.8 Å². The van der Waals surface area contributed by atoms with Gasteiger partial charge in [-0.15, -0.1) is 0 Å². The van der Waals surface area contributed by atoms with Crippen molar-refractivity contribution in [2.45, 2.75) is 26.9 Å². The van der Waals surface area contributed by atoms with E-state index in [0.29, 0.717) is 13.1 Å². The zero-order valence-corrected chi connectivity index (χ0v) is 16.6. The number of para-hydroxylation sites is 1. The first-order chi connectivity index (χ1) is 13.1. The number of hydrogen-bond donors (Lipinski definition) is 2. The Morgan fingerprint density at radius 3 is 2.48 bits per heavy atom. The van der Waals surface area contributed by atoms with Crippen LogP contribution in [0, 0.1) is 13.8 Å². The fourth-order valence-corrected chi connectivity index (χ4v) is 3.19. The molecular formula is C21H24ClN5. The van der Waals surface area contributed by atoms with Gasteiger partial charge in [0, 0.05) is 36.4 Å². The summed E-state index contributed by atoms with van der Waals surface area (Å²) in [4.78, 5) is 4.30. The highest BCUT2D eigenvalue weighted by Gasteiger charge is 2.13. The summed E-state index contributed by atoms with van der Waals surface area (Å²) in [7, 11) is 1.76. The van der Waals surface area contributed by atoms with Gasteiger partial charge in [0.2, 0.25) is 0 Å². The maximum absolute atomic E-state index is 6.04. The largest absolute Gasteiger partial charge is 0.352 e. The fourth-order valence-electron chi connectivity index (χ4n) is 2.98. The number of aromatic nitrogens is 2. The molecule has 140 valence electrons. The number of rotatable bonds is 5. The summed E-state index contributed by atoms with van der Waals surface area (Å²) >= 11 is 6.04. The van der Waals surface area contributed by atoms with Crippen molar-refractivity contribution in [3.8, 4) is 5.69 Å². The number of nitrogens with one attached hydrogen (secondary N) is 2. The number of hydrogen-bond acceptors (Lipinski definition) is 2. The summed E-state index contributed by atoms with van der Waals surface area (Å²) in [6.07, 6.45) is 0. The standard InChI is InChI=1S/C21H24ClN5/c1-15-20(16(2)27(26-15)19-10-5-4-6-11-19)14-25-21(23-3)24-13-17-8-7-9-18(22)12-17/h4-12H,13-14H2,1-3H3,(H2,23,24,25). The number of aryl methyl sites for hydroxylation is 1. The molecule has 1 heterocycles. The van der Waals surface area contributed by atoms with E-state index in [1.807, 2.05) is 54.1 Å². The lowest BCUT2D eigenvalue weighted by Gasteiger charge is -2.12. The topological polar surface area (TPSA) is 54.2 Å². The lowest BCUT2D eigenvalue weighted by atomic mass is 10.2. The summed E-state index contributed by atoms with van der Waals surface area (Å²) in [5, 5.41) is 12.1. The first-order valence-corrected chi connectivity index (χ1v) is 9.25. The van der Waals surface area contributed by atoms with Crippen molar-refractivity contribution < 1.29 is 0 Å². The molecule has 0 saturated carbocycles. The Kier molecular flexibility index (Phi) is 6.14. The molecule has 0 aliphatic rings. The second-order valence-electron chi connectivity index (χ2n) is 6.31. The van der Waals surface area contributed by atoms with E-state index in [9.17, 15) is 0 Å². The van der Waals surface area contributed by atoms with Crippen LogP contribution >= 0.6 is 11.6 Å². The molecule has 0 amide bonds. The average molecular weight is 382 g/mol. The molecule has 0 unspecified atom stereocenters. The van der Waals surface area contributed by atoms with Gasteiger partial charge in [0.1, 0.15) is 0 Å². The molecule has 0 aliphatic carbocycles. The van der Waals surface area contributed by atoms with E-state index in [0.717, 1.165) is 33.6 Å². The molecule has 3 rings (SSSR count). The summed E-state index contributed by atoms with van der Waals surface area (Å²) in [5.41, 5.74) is 5.47. The van der Waals surface area contributed by atoms with Crippen LogP contribution in [-0.4, -0.2) is 22.8 Å². The number of nitrogens with zero attached hydrogens (tertiary/aromatic N) is 3. The Balaban J connectivity index is 1.66. The Labute approximate surface area is 165 Å². The van der Waals surface area contributed by atoms with Crippen LogP contribution in [0.4, 0.5) is 0 Å². The van der Waals surface area contributed by atoms with Gasteiger partial charge < -0.3 is 10.6 Å². The SMILES string of the molecule is CN=C(NCc1cccc(Cl)c1)NCc1c(C)nn(-c2ccccc2)c1C. The highest BCUT2D eigenvalue weighted by Crippen LogP contribution is 2.17. The molecular weight excluding hydrogens is 358 g/mol. The van der Waals surface area contributed by atoms with Crippen molar-refractivity contribution in [2.24, 2.45) is 4.99 Å². The summed E-state index contributed by atoms with van der Waals surface area (Å²) in [5.74, 6) is 0.737. The predicted molar refractivity (Wildman–Crippen MR) is 112 cm³/mol. The van der Waals surface area contributed by atoms with E-state index in [1.165, 1.54) is 5.56 Å². The molecule has 5 nitrogen and oxygen atoms in total. The minimum atomic E-state index is 0.652. The van der Waals surface area contributed by atoms with Gasteiger partial charge in [0.05, 0.1) is 11.4 Å². The van der Waals surface area contributed by atoms with Crippen molar-refractivity contribution in [3.63, 3.8) is 0 Å². The van der Waals surface area contributed by atoms with Gasteiger partial charge in [-0.1, -0.05) is 41.9 Å². The Morgan fingerprint density at radius 1 is 1.04 bits per heavy atom. The number of aliphatic imine (C=N–C) groups is 1. The van der Waals surface area contributed by atoms with Gasteiger partial charge >= 0.3 is 0 Å². The second-order valence-corrected chi connectivity index (χ2v) is 6.74. The van der Waals surface area contributed by atoms with Crippen molar-refractivity contribution in [1.29, 1.82) is 0 Å². The first kappa shape index (κ1) is 19.0. The maximum Gasteiger partial charge on any atom is 0.191 e. The van der Waals surface area contributed by atoms with E-state index in [1.54, 1.807) is 7.05 Å². The van der Waals surface area contributed by atoms with Crippen LogP contribution in [0.1, 0.15) is 22.5 Å². The molecule has 2 N–H and O–H groups in total. The third-order valence-electron chi connectivity index (χ3n) is 4.45. The van der Waals surface area contributed by atoms with Crippen LogP contribution in [0.3, 0.4) is 0 Å². The van der Waals surface area contributed by atoms with Crippen LogP contribution < -0.4 is 10.6 Å². The smallest absolute Gasteiger partial charge is 0.191 e. The van der Waals surface area contributed by atoms with Crippen molar-refractivity contribution in [2.75, 3.05) is 7.05 Å². The van der Waals surface area contributed by atoms with Gasteiger partial charge in [-0.25, -0.2) is 4.68 Å². The lowest BCUT2D eigenvalue weighted by molar-refractivity contribution is 0.800.